The van der Waals surface area contributed by atoms with Gasteiger partial charge >= 0.3 is 0 Å². The number of amides is 2. The summed E-state index contributed by atoms with van der Waals surface area (Å²) >= 11 is 0. The molecule has 0 atom stereocenters. The summed E-state index contributed by atoms with van der Waals surface area (Å²) in [5, 5.41) is 26.7. The number of carbonyl (C=O) groups is 2. The fraction of sp³-hybridized carbons (Fsp3) is 0.267. The van der Waals surface area contributed by atoms with Gasteiger partial charge in [-0.15, -0.1) is 0 Å². The van der Waals surface area contributed by atoms with Crippen LogP contribution in [-0.4, -0.2) is 61.6 Å². The molecule has 14 nitrogen and oxygen atoms in total. The van der Waals surface area contributed by atoms with E-state index in [4.69, 9.17) is 18.9 Å². The van der Waals surface area contributed by atoms with E-state index < -0.39 is 25.0 Å². The summed E-state index contributed by atoms with van der Waals surface area (Å²) in [5.41, 5.74) is 8.96. The molecule has 0 spiro atoms. The molecule has 1 aromatic carbocycles. The van der Waals surface area contributed by atoms with E-state index in [0.29, 0.717) is 33.6 Å². The Morgan fingerprint density at radius 1 is 0.773 bits per heavy atom. The minimum Gasteiger partial charge on any atom is -0.467 e. The van der Waals surface area contributed by atoms with Crippen molar-refractivity contribution in [3.63, 3.8) is 0 Å². The minimum absolute atomic E-state index is 0.0487. The molecule has 0 bridgehead atoms. The number of methoxy groups -OCH3 is 2. The number of aromatic nitrogens is 2. The molecule has 0 fully saturated rings. The van der Waals surface area contributed by atoms with E-state index in [1.54, 1.807) is 50.2 Å². The highest BCUT2D eigenvalue weighted by molar-refractivity contribution is 5.86. The van der Waals surface area contributed by atoms with Crippen LogP contribution in [0.2, 0.25) is 0 Å². The van der Waals surface area contributed by atoms with Crippen molar-refractivity contribution in [1.29, 1.82) is 10.5 Å². The van der Waals surface area contributed by atoms with Gasteiger partial charge in [-0.25, -0.2) is 20.8 Å². The first-order valence-electron chi connectivity index (χ1n) is 13.1. The first-order chi connectivity index (χ1) is 21.3. The number of hydrogen-bond donors (Lipinski definition) is 2. The van der Waals surface area contributed by atoms with Crippen LogP contribution in [0.25, 0.3) is 0 Å². The van der Waals surface area contributed by atoms with Crippen molar-refractivity contribution in [1.82, 2.24) is 20.8 Å². The maximum atomic E-state index is 12.2. The highest BCUT2D eigenvalue weighted by Crippen LogP contribution is 2.22. The van der Waals surface area contributed by atoms with Crippen molar-refractivity contribution in [3.05, 3.63) is 81.2 Å². The van der Waals surface area contributed by atoms with Gasteiger partial charge in [-0.3, -0.25) is 9.59 Å². The molecule has 226 valence electrons. The van der Waals surface area contributed by atoms with Gasteiger partial charge in [-0.05, 0) is 37.1 Å². The Balaban J connectivity index is 1.46. The van der Waals surface area contributed by atoms with Crippen molar-refractivity contribution in [2.45, 2.75) is 27.1 Å². The number of nitriles is 2. The molecule has 2 amide bonds. The summed E-state index contributed by atoms with van der Waals surface area (Å²) in [6.07, 6.45) is 2.88. The summed E-state index contributed by atoms with van der Waals surface area (Å²) < 4.78 is 21.1. The zero-order chi connectivity index (χ0) is 31.9. The van der Waals surface area contributed by atoms with Gasteiger partial charge in [0.2, 0.25) is 11.8 Å². The van der Waals surface area contributed by atoms with E-state index in [1.165, 1.54) is 26.6 Å². The van der Waals surface area contributed by atoms with Gasteiger partial charge in [0, 0.05) is 36.7 Å². The normalized spacial score (nSPS) is 10.8. The summed E-state index contributed by atoms with van der Waals surface area (Å²) in [7, 11) is 3.03. The molecule has 44 heavy (non-hydrogen) atoms. The second-order valence-electron chi connectivity index (χ2n) is 9.13. The summed E-state index contributed by atoms with van der Waals surface area (Å²) in [5.74, 6) is -0.981. The lowest BCUT2D eigenvalue weighted by molar-refractivity contribution is -0.123. The number of hydrogen-bond acceptors (Lipinski definition) is 12. The average Bonchev–Trinajstić information content (AvgIpc) is 3.00. The molecule has 0 aliphatic rings. The molecular formula is C30H30N8O6. The lowest BCUT2D eigenvalue weighted by Crippen LogP contribution is -2.25. The van der Waals surface area contributed by atoms with E-state index in [2.05, 4.69) is 31.0 Å². The van der Waals surface area contributed by atoms with Crippen LogP contribution in [0.15, 0.2) is 46.6 Å². The molecule has 3 aromatic rings. The third kappa shape index (κ3) is 9.70. The van der Waals surface area contributed by atoms with Crippen molar-refractivity contribution in [3.8, 4) is 23.9 Å². The maximum Gasteiger partial charge on any atom is 0.278 e. The highest BCUT2D eigenvalue weighted by Gasteiger charge is 2.15. The second kappa shape index (κ2) is 16.7. The van der Waals surface area contributed by atoms with E-state index in [-0.39, 0.29) is 36.1 Å². The molecule has 0 aliphatic carbocycles. The van der Waals surface area contributed by atoms with Gasteiger partial charge in [0.05, 0.1) is 25.6 Å². The van der Waals surface area contributed by atoms with Crippen molar-refractivity contribution >= 4 is 24.2 Å². The smallest absolute Gasteiger partial charge is 0.278 e. The Morgan fingerprint density at radius 3 is 1.50 bits per heavy atom. The number of benzene rings is 1. The van der Waals surface area contributed by atoms with Crippen LogP contribution in [-0.2, 0) is 32.3 Å². The molecule has 14 heteroatoms. The van der Waals surface area contributed by atoms with Crippen LogP contribution < -0.4 is 20.3 Å². The number of pyridine rings is 2. The lowest BCUT2D eigenvalue weighted by Gasteiger charge is -2.10. The first kappa shape index (κ1) is 32.8. The fourth-order valence-corrected chi connectivity index (χ4v) is 3.76. The fourth-order valence-electron chi connectivity index (χ4n) is 3.76. The number of nitrogens with zero attached hydrogens (tertiary/aromatic N) is 6. The Bertz CT molecular complexity index is 1500. The third-order valence-corrected chi connectivity index (χ3v) is 5.64. The van der Waals surface area contributed by atoms with Crippen LogP contribution in [0.3, 0.4) is 0 Å². The van der Waals surface area contributed by atoms with Crippen LogP contribution in [0, 0.1) is 36.5 Å². The zero-order valence-electron chi connectivity index (χ0n) is 24.6. The van der Waals surface area contributed by atoms with Gasteiger partial charge in [0.25, 0.3) is 11.8 Å². The standard InChI is InChI=1S/C30H30N8O6/c1-19-9-23(15-41-3)25(11-31)29(35-19)43-17-27(39)37-33-13-21-5-7-22(8-6-21)14-34-38-28(40)18-44-30-26(12-32)24(16-42-4)10-20(2)36-30/h5-10,13-14H,15-18H2,1-4H3,(H,37,39)(H,38,40). The average molecular weight is 599 g/mol. The van der Waals surface area contributed by atoms with Gasteiger partial charge in [-0.1, -0.05) is 24.3 Å². The molecule has 3 rings (SSSR count). The first-order valence-corrected chi connectivity index (χ1v) is 13.1. The van der Waals surface area contributed by atoms with E-state index in [9.17, 15) is 20.1 Å². The monoisotopic (exact) mass is 598 g/mol. The molecule has 0 radical (unpaired) electrons. The van der Waals surface area contributed by atoms with Crippen molar-refractivity contribution in [2.24, 2.45) is 10.2 Å². The van der Waals surface area contributed by atoms with Crippen molar-refractivity contribution in [2.75, 3.05) is 27.4 Å². The molecule has 2 aromatic heterocycles. The quantitative estimate of drug-likeness (QED) is 0.205. The zero-order valence-corrected chi connectivity index (χ0v) is 24.6. The number of ether oxygens (including phenoxy) is 4. The summed E-state index contributed by atoms with van der Waals surface area (Å²) in [4.78, 5) is 32.7. The Labute approximate surface area is 253 Å². The van der Waals surface area contributed by atoms with E-state index in [0.717, 1.165) is 0 Å². The molecule has 0 aliphatic heterocycles. The number of carbonyl (C=O) groups excluding carboxylic acids is 2. The van der Waals surface area contributed by atoms with Crippen LogP contribution in [0.1, 0.15) is 44.8 Å². The Kier molecular flexibility index (Phi) is 12.4. The number of nitrogens with one attached hydrogen (secondary N) is 2. The Morgan fingerprint density at radius 2 is 1.16 bits per heavy atom. The topological polar surface area (TPSA) is 193 Å². The Hall–Kier alpha value is -5.70. The molecule has 0 saturated heterocycles. The maximum absolute atomic E-state index is 12.2. The van der Waals surface area contributed by atoms with Gasteiger partial charge < -0.3 is 18.9 Å². The molecule has 2 heterocycles. The van der Waals surface area contributed by atoms with Crippen LogP contribution in [0.4, 0.5) is 0 Å². The summed E-state index contributed by atoms with van der Waals surface area (Å²) in [6, 6.07) is 14.4. The second-order valence-corrected chi connectivity index (χ2v) is 9.13. The third-order valence-electron chi connectivity index (χ3n) is 5.64. The predicted molar refractivity (Wildman–Crippen MR) is 158 cm³/mol. The lowest BCUT2D eigenvalue weighted by atomic mass is 10.1. The molecule has 0 unspecified atom stereocenters. The number of hydrazone groups is 2. The van der Waals surface area contributed by atoms with Gasteiger partial charge in [0.15, 0.2) is 13.2 Å². The molecule has 0 saturated carbocycles. The predicted octanol–water partition coefficient (Wildman–Crippen LogP) is 2.19. The van der Waals surface area contributed by atoms with Gasteiger partial charge in [0.1, 0.15) is 23.3 Å². The minimum atomic E-state index is -0.539. The van der Waals surface area contributed by atoms with E-state index in [1.807, 2.05) is 12.1 Å². The summed E-state index contributed by atoms with van der Waals surface area (Å²) in [6.45, 7) is 3.13. The van der Waals surface area contributed by atoms with Crippen LogP contribution in [0.5, 0.6) is 11.8 Å². The number of rotatable bonds is 14. The van der Waals surface area contributed by atoms with Crippen molar-refractivity contribution < 1.29 is 28.5 Å². The largest absolute Gasteiger partial charge is 0.467 e. The highest BCUT2D eigenvalue weighted by atomic mass is 16.5. The molecular weight excluding hydrogens is 568 g/mol. The number of aryl methyl sites for hydroxylation is 2. The van der Waals surface area contributed by atoms with Gasteiger partial charge in [-0.2, -0.15) is 20.7 Å². The van der Waals surface area contributed by atoms with E-state index >= 15 is 0 Å². The van der Waals surface area contributed by atoms with Crippen LogP contribution >= 0.6 is 0 Å². The molecule has 2 N–H and O–H groups in total. The SMILES string of the molecule is COCc1cc(C)nc(OCC(=O)NN=Cc2ccc(C=NNC(=O)COc3nc(C)cc(COC)c3C#N)cc2)c1C#N.